The number of rotatable bonds is 18. The maximum Gasteiger partial charge on any atom is 0.640 e. The first-order chi connectivity index (χ1) is 18.6. The third-order valence-corrected chi connectivity index (χ3v) is 4.66. The van der Waals surface area contributed by atoms with Crippen LogP contribution in [-0.2, 0) is 14.0 Å². The van der Waals surface area contributed by atoms with Crippen LogP contribution in [0.3, 0.4) is 0 Å². The zero-order valence-electron chi connectivity index (χ0n) is 19.2. The predicted molar refractivity (Wildman–Crippen MR) is 86.1 cm³/mol. The molecule has 28 heteroatoms. The van der Waals surface area contributed by atoms with Crippen molar-refractivity contribution in [1.29, 1.82) is 0 Å². The molecule has 0 aliphatic heterocycles. The summed E-state index contributed by atoms with van der Waals surface area (Å²) < 4.78 is 320. The summed E-state index contributed by atoms with van der Waals surface area (Å²) in [5.74, 6) is -63.3. The van der Waals surface area contributed by atoms with E-state index in [9.17, 15) is 105 Å². The largest absolute Gasteiger partial charge is 0.640 e. The number of hydrogen-bond acceptors (Lipinski definition) is 3. The molecule has 43 heavy (non-hydrogen) atoms. The fraction of sp³-hybridized carbons (Fsp3) is 1.00. The summed E-state index contributed by atoms with van der Waals surface area (Å²) in [6, 6.07) is 0. The molecule has 0 atom stereocenters. The fourth-order valence-electron chi connectivity index (χ4n) is 2.08. The Kier molecular flexibility index (Phi) is 12.1. The van der Waals surface area contributed by atoms with E-state index in [0.717, 1.165) is 0 Å². The van der Waals surface area contributed by atoms with Crippen LogP contribution in [0.4, 0.5) is 105 Å². The minimum absolute atomic E-state index is 3.07. The number of hydrogen-bond donors (Lipinski definition) is 0. The van der Waals surface area contributed by atoms with E-state index in [1.807, 2.05) is 0 Å². The van der Waals surface area contributed by atoms with E-state index in [2.05, 4.69) is 14.0 Å². The molecule has 0 spiro atoms. The van der Waals surface area contributed by atoms with Gasteiger partial charge in [-0.1, -0.05) is 0 Å². The number of alkyl halides is 24. The first kappa shape index (κ1) is 41.3. The van der Waals surface area contributed by atoms with Gasteiger partial charge in [-0.3, -0.25) is 0 Å². The molecule has 0 aliphatic carbocycles. The van der Waals surface area contributed by atoms with Gasteiger partial charge in [-0.25, -0.2) is 26.3 Å². The van der Waals surface area contributed by atoms with Crippen molar-refractivity contribution in [2.75, 3.05) is 19.8 Å². The second-order valence-electron chi connectivity index (χ2n) is 7.83. The quantitative estimate of drug-likeness (QED) is 0.109. The molecule has 258 valence electrons. The maximum atomic E-state index is 13.5. The minimum atomic E-state index is -7.30. The van der Waals surface area contributed by atoms with Crippen molar-refractivity contribution < 1.29 is 119 Å². The molecule has 0 aromatic heterocycles. The highest BCUT2D eigenvalue weighted by Gasteiger charge is 2.78. The lowest BCUT2D eigenvalue weighted by Crippen LogP contribution is -2.61. The Morgan fingerprint density at radius 1 is 0.349 bits per heavy atom. The molecule has 0 fully saturated rings. The minimum Gasteiger partial charge on any atom is -0.379 e. The van der Waals surface area contributed by atoms with Crippen molar-refractivity contribution in [3.05, 3.63) is 0 Å². The third kappa shape index (κ3) is 7.57. The molecule has 0 aliphatic rings. The van der Waals surface area contributed by atoms with Gasteiger partial charge in [0.2, 0.25) is 0 Å². The zero-order valence-corrected chi connectivity index (χ0v) is 19.2. The fourth-order valence-corrected chi connectivity index (χ4v) is 2.08. The van der Waals surface area contributed by atoms with Crippen molar-refractivity contribution in [2.45, 2.75) is 72.6 Å². The van der Waals surface area contributed by atoms with Gasteiger partial charge in [-0.15, -0.1) is 0 Å². The number of halogens is 24. The van der Waals surface area contributed by atoms with E-state index in [4.69, 9.17) is 0 Å². The zero-order chi connectivity index (χ0) is 35.1. The molecule has 3 nitrogen and oxygen atoms in total. The van der Waals surface area contributed by atoms with Gasteiger partial charge in [0.15, 0.2) is 0 Å². The van der Waals surface area contributed by atoms with Crippen molar-refractivity contribution in [3.63, 3.8) is 0 Å². The molecule has 0 N–H and O–H groups in total. The predicted octanol–water partition coefficient (Wildman–Crippen LogP) is 7.53. The lowest BCUT2D eigenvalue weighted by Gasteiger charge is -2.34. The van der Waals surface area contributed by atoms with Gasteiger partial charge in [0, 0.05) is 0 Å². The highest BCUT2D eigenvalue weighted by atomic mass is 19.4. The molecule has 0 aromatic rings. The second-order valence-corrected chi connectivity index (χ2v) is 7.83. The molecular weight excluding hydrogens is 695 g/mol. The molecule has 0 amide bonds. The molecule has 0 radical (unpaired) electrons. The van der Waals surface area contributed by atoms with E-state index >= 15 is 0 Å². The van der Waals surface area contributed by atoms with E-state index in [1.54, 1.807) is 0 Å². The lowest BCUT2D eigenvalue weighted by molar-refractivity contribution is -0.349. The first-order valence-corrected chi connectivity index (χ1v) is 9.71. The molecule has 0 aromatic carbocycles. The van der Waals surface area contributed by atoms with Crippen LogP contribution in [0.2, 0.25) is 0 Å². The molecule has 0 saturated heterocycles. The van der Waals surface area contributed by atoms with Crippen LogP contribution in [-0.4, -0.2) is 99.7 Å². The van der Waals surface area contributed by atoms with E-state index in [0.29, 0.717) is 0 Å². The Morgan fingerprint density at radius 3 is 0.651 bits per heavy atom. The van der Waals surface area contributed by atoms with Gasteiger partial charge in [0.1, 0.15) is 19.8 Å². The molecule has 0 rings (SSSR count). The average molecular weight is 704 g/mol. The summed E-state index contributed by atoms with van der Waals surface area (Å²) in [6.07, 6.45) is -16.9. The standard InChI is InChI=1S/C15H9BF24O3/c17-4(18)10(29,30)13(35,36)7(23,24)1-41-16(42-2-8(25,26)14(37,38)11(31,32)5(19)20)43-3-9(27,28)15(39,40)12(33,34)6(21)22/h4-6H,1-3H2. The topological polar surface area (TPSA) is 27.7 Å². The van der Waals surface area contributed by atoms with Crippen LogP contribution < -0.4 is 0 Å². The van der Waals surface area contributed by atoms with Gasteiger partial charge in [0.25, 0.3) is 0 Å². The summed E-state index contributed by atoms with van der Waals surface area (Å²) in [5, 5.41) is 0. The van der Waals surface area contributed by atoms with Crippen molar-refractivity contribution in [2.24, 2.45) is 0 Å². The summed E-state index contributed by atoms with van der Waals surface area (Å²) >= 11 is 0. The monoisotopic (exact) mass is 704 g/mol. The molecule has 0 heterocycles. The summed E-state index contributed by atoms with van der Waals surface area (Å²) in [7, 11) is -4.47. The van der Waals surface area contributed by atoms with Gasteiger partial charge >= 0.3 is 79.9 Å². The van der Waals surface area contributed by atoms with Crippen LogP contribution >= 0.6 is 0 Å². The first-order valence-electron chi connectivity index (χ1n) is 9.71. The van der Waals surface area contributed by atoms with Crippen LogP contribution in [0.25, 0.3) is 0 Å². The van der Waals surface area contributed by atoms with Gasteiger partial charge in [-0.2, -0.15) is 79.0 Å². The van der Waals surface area contributed by atoms with Crippen LogP contribution in [0.5, 0.6) is 0 Å². The van der Waals surface area contributed by atoms with Crippen molar-refractivity contribution >= 4 is 7.32 Å². The van der Waals surface area contributed by atoms with Gasteiger partial charge < -0.3 is 14.0 Å². The lowest BCUT2D eigenvalue weighted by atomic mass is 10.0. The summed E-state index contributed by atoms with van der Waals surface area (Å²) in [4.78, 5) is 0. The highest BCUT2D eigenvalue weighted by Crippen LogP contribution is 2.51. The Morgan fingerprint density at radius 2 is 0.512 bits per heavy atom. The maximum absolute atomic E-state index is 13.5. The summed E-state index contributed by atoms with van der Waals surface area (Å²) in [5.41, 5.74) is 0. The normalized spacial score (nSPS) is 15.7. The van der Waals surface area contributed by atoms with Crippen LogP contribution in [0.15, 0.2) is 0 Å². The van der Waals surface area contributed by atoms with Crippen molar-refractivity contribution in [3.8, 4) is 0 Å². The van der Waals surface area contributed by atoms with Gasteiger partial charge in [-0.05, 0) is 0 Å². The Labute approximate surface area is 220 Å². The Hall–Kier alpha value is -1.74. The molecule has 0 bridgehead atoms. The molecule has 0 saturated carbocycles. The van der Waals surface area contributed by atoms with Gasteiger partial charge in [0.05, 0.1) is 0 Å². The van der Waals surface area contributed by atoms with E-state index in [-0.39, 0.29) is 0 Å². The smallest absolute Gasteiger partial charge is 0.379 e. The van der Waals surface area contributed by atoms with Crippen LogP contribution in [0, 0.1) is 0 Å². The molecular formula is C15H9BF24O3. The van der Waals surface area contributed by atoms with Crippen LogP contribution in [0.1, 0.15) is 0 Å². The Balaban J connectivity index is 6.36. The third-order valence-electron chi connectivity index (χ3n) is 4.66. The Bertz CT molecular complexity index is 792. The highest BCUT2D eigenvalue weighted by molar-refractivity contribution is 6.36. The SMILES string of the molecule is FC(F)C(F)(F)C(F)(F)C(F)(F)COB(OCC(F)(F)C(F)(F)C(F)(F)C(F)F)OCC(F)(F)C(F)(F)C(F)(F)C(F)F. The average Bonchev–Trinajstić information content (AvgIpc) is 2.82. The van der Waals surface area contributed by atoms with E-state index < -0.39 is 99.7 Å². The molecule has 0 unspecified atom stereocenters. The van der Waals surface area contributed by atoms with E-state index in [1.165, 1.54) is 0 Å². The van der Waals surface area contributed by atoms with Crippen molar-refractivity contribution in [1.82, 2.24) is 0 Å². The summed E-state index contributed by atoms with van der Waals surface area (Å²) in [6.45, 7) is -11.2. The second kappa shape index (κ2) is 12.6.